The van der Waals surface area contributed by atoms with E-state index < -0.39 is 5.60 Å². The monoisotopic (exact) mass is 199 g/mol. The Morgan fingerprint density at radius 1 is 1.21 bits per heavy atom. The molecule has 0 heterocycles. The molecule has 0 bridgehead atoms. The van der Waals surface area contributed by atoms with Crippen LogP contribution in [0.4, 0.5) is 0 Å². The summed E-state index contributed by atoms with van der Waals surface area (Å²) in [5.41, 5.74) is -0.265. The van der Waals surface area contributed by atoms with E-state index in [0.717, 1.165) is 13.0 Å². The van der Waals surface area contributed by atoms with Crippen LogP contribution in [0.3, 0.4) is 0 Å². The Labute approximate surface area is 88.1 Å². The predicted octanol–water partition coefficient (Wildman–Crippen LogP) is 2.17. The fraction of sp³-hybridized carbons (Fsp3) is 1.00. The van der Waals surface area contributed by atoms with Crippen molar-refractivity contribution in [3.63, 3.8) is 0 Å². The van der Waals surface area contributed by atoms with Crippen LogP contribution in [0.1, 0.15) is 48.0 Å². The molecule has 1 aliphatic carbocycles. The minimum absolute atomic E-state index is 0.131. The summed E-state index contributed by atoms with van der Waals surface area (Å²) in [5, 5.41) is 13.8. The Hall–Kier alpha value is -0.0800. The van der Waals surface area contributed by atoms with Crippen LogP contribution in [0, 0.1) is 10.8 Å². The molecule has 2 N–H and O–H groups in total. The standard InChI is InChI=1S/C12H25NO/c1-7-13-9-11(4,5)10(2,3)8-12(9,6)14/h9,13-14H,7-8H2,1-6H3. The van der Waals surface area contributed by atoms with Gasteiger partial charge in [-0.1, -0.05) is 34.6 Å². The lowest BCUT2D eigenvalue weighted by Gasteiger charge is -2.40. The first-order chi connectivity index (χ1) is 6.15. The molecule has 0 aromatic carbocycles. The quantitative estimate of drug-likeness (QED) is 0.714. The molecule has 0 aromatic heterocycles. The average molecular weight is 199 g/mol. The molecular weight excluding hydrogens is 174 g/mol. The van der Waals surface area contributed by atoms with Gasteiger partial charge in [0.1, 0.15) is 0 Å². The van der Waals surface area contributed by atoms with Crippen molar-refractivity contribution in [3.8, 4) is 0 Å². The van der Waals surface area contributed by atoms with E-state index in [1.807, 2.05) is 6.92 Å². The van der Waals surface area contributed by atoms with Crippen LogP contribution in [-0.2, 0) is 0 Å². The van der Waals surface area contributed by atoms with E-state index >= 15 is 0 Å². The highest BCUT2D eigenvalue weighted by Gasteiger charge is 2.58. The van der Waals surface area contributed by atoms with Gasteiger partial charge in [-0.15, -0.1) is 0 Å². The summed E-state index contributed by atoms with van der Waals surface area (Å²) < 4.78 is 0. The Morgan fingerprint density at radius 3 is 2.00 bits per heavy atom. The SMILES string of the molecule is CCNC1C(C)(O)CC(C)(C)C1(C)C. The Morgan fingerprint density at radius 2 is 1.71 bits per heavy atom. The fourth-order valence-electron chi connectivity index (χ4n) is 3.07. The first kappa shape index (κ1) is 12.0. The third-order valence-electron chi connectivity index (χ3n) is 4.30. The molecule has 0 saturated heterocycles. The molecule has 84 valence electrons. The molecule has 2 heteroatoms. The third-order valence-corrected chi connectivity index (χ3v) is 4.30. The average Bonchev–Trinajstić information content (AvgIpc) is 2.06. The van der Waals surface area contributed by atoms with Gasteiger partial charge in [-0.05, 0) is 30.7 Å². The largest absolute Gasteiger partial charge is 0.389 e. The van der Waals surface area contributed by atoms with E-state index in [4.69, 9.17) is 0 Å². The molecule has 0 aromatic rings. The first-order valence-electron chi connectivity index (χ1n) is 5.61. The van der Waals surface area contributed by atoms with Crippen molar-refractivity contribution in [3.05, 3.63) is 0 Å². The van der Waals surface area contributed by atoms with Gasteiger partial charge < -0.3 is 10.4 Å². The van der Waals surface area contributed by atoms with Crippen molar-refractivity contribution in [2.75, 3.05) is 6.54 Å². The second kappa shape index (κ2) is 3.21. The van der Waals surface area contributed by atoms with E-state index in [1.165, 1.54) is 0 Å². The minimum Gasteiger partial charge on any atom is -0.389 e. The van der Waals surface area contributed by atoms with Gasteiger partial charge in [0.25, 0.3) is 0 Å². The summed E-state index contributed by atoms with van der Waals surface area (Å²) in [6.45, 7) is 14.0. The number of nitrogens with one attached hydrogen (secondary N) is 1. The summed E-state index contributed by atoms with van der Waals surface area (Å²) in [4.78, 5) is 0. The van der Waals surface area contributed by atoms with Crippen LogP contribution in [0.2, 0.25) is 0 Å². The van der Waals surface area contributed by atoms with Crippen LogP contribution in [0.5, 0.6) is 0 Å². The molecular formula is C12H25NO. The Kier molecular flexibility index (Phi) is 2.75. The van der Waals surface area contributed by atoms with Crippen LogP contribution in [0.25, 0.3) is 0 Å². The van der Waals surface area contributed by atoms with E-state index in [2.05, 4.69) is 39.9 Å². The van der Waals surface area contributed by atoms with E-state index in [-0.39, 0.29) is 16.9 Å². The second-order valence-corrected chi connectivity index (χ2v) is 6.13. The Bertz CT molecular complexity index is 218. The molecule has 0 amide bonds. The van der Waals surface area contributed by atoms with Crippen LogP contribution < -0.4 is 5.32 Å². The Balaban J connectivity index is 3.01. The van der Waals surface area contributed by atoms with Crippen molar-refractivity contribution in [2.24, 2.45) is 10.8 Å². The molecule has 2 unspecified atom stereocenters. The fourth-order valence-corrected chi connectivity index (χ4v) is 3.07. The lowest BCUT2D eigenvalue weighted by Crippen LogP contribution is -2.52. The molecule has 2 atom stereocenters. The van der Waals surface area contributed by atoms with Crippen LogP contribution >= 0.6 is 0 Å². The summed E-state index contributed by atoms with van der Waals surface area (Å²) in [7, 11) is 0. The lowest BCUT2D eigenvalue weighted by molar-refractivity contribution is 0.0209. The summed E-state index contributed by atoms with van der Waals surface area (Å²) in [6.07, 6.45) is 0.866. The zero-order chi connectivity index (χ0) is 11.2. The molecule has 1 rings (SSSR count). The van der Waals surface area contributed by atoms with Crippen molar-refractivity contribution in [2.45, 2.75) is 59.6 Å². The van der Waals surface area contributed by atoms with Crippen LogP contribution in [0.15, 0.2) is 0 Å². The minimum atomic E-state index is -0.580. The zero-order valence-electron chi connectivity index (χ0n) is 10.4. The topological polar surface area (TPSA) is 32.3 Å². The molecule has 1 saturated carbocycles. The van der Waals surface area contributed by atoms with Gasteiger partial charge in [-0.25, -0.2) is 0 Å². The van der Waals surface area contributed by atoms with Crippen LogP contribution in [-0.4, -0.2) is 23.3 Å². The summed E-state index contributed by atoms with van der Waals surface area (Å²) in [6, 6.07) is 0.190. The van der Waals surface area contributed by atoms with Gasteiger partial charge in [-0.2, -0.15) is 0 Å². The maximum Gasteiger partial charge on any atom is 0.0782 e. The third kappa shape index (κ3) is 1.59. The molecule has 0 spiro atoms. The van der Waals surface area contributed by atoms with Gasteiger partial charge >= 0.3 is 0 Å². The molecule has 2 nitrogen and oxygen atoms in total. The normalized spacial score (nSPS) is 40.1. The number of aliphatic hydroxyl groups is 1. The number of hydrogen-bond acceptors (Lipinski definition) is 2. The number of likely N-dealkylation sites (N-methyl/N-ethyl adjacent to an activating group) is 1. The maximum absolute atomic E-state index is 10.4. The van der Waals surface area contributed by atoms with Gasteiger partial charge in [0.2, 0.25) is 0 Å². The molecule has 1 aliphatic rings. The maximum atomic E-state index is 10.4. The van der Waals surface area contributed by atoms with Crippen molar-refractivity contribution >= 4 is 0 Å². The molecule has 0 radical (unpaired) electrons. The number of rotatable bonds is 2. The zero-order valence-corrected chi connectivity index (χ0v) is 10.4. The van der Waals surface area contributed by atoms with Crippen molar-refractivity contribution < 1.29 is 5.11 Å². The lowest BCUT2D eigenvalue weighted by atomic mass is 9.69. The highest BCUT2D eigenvalue weighted by atomic mass is 16.3. The van der Waals surface area contributed by atoms with Crippen molar-refractivity contribution in [1.82, 2.24) is 5.32 Å². The first-order valence-corrected chi connectivity index (χ1v) is 5.61. The van der Waals surface area contributed by atoms with E-state index in [9.17, 15) is 5.11 Å². The summed E-state index contributed by atoms with van der Waals surface area (Å²) in [5.74, 6) is 0. The van der Waals surface area contributed by atoms with E-state index in [1.54, 1.807) is 0 Å². The van der Waals surface area contributed by atoms with Gasteiger partial charge in [0.05, 0.1) is 5.60 Å². The van der Waals surface area contributed by atoms with Crippen molar-refractivity contribution in [1.29, 1.82) is 0 Å². The van der Waals surface area contributed by atoms with Gasteiger partial charge in [0.15, 0.2) is 0 Å². The smallest absolute Gasteiger partial charge is 0.0782 e. The highest BCUT2D eigenvalue weighted by molar-refractivity contribution is 5.12. The second-order valence-electron chi connectivity index (χ2n) is 6.13. The molecule has 0 aliphatic heterocycles. The van der Waals surface area contributed by atoms with Gasteiger partial charge in [-0.3, -0.25) is 0 Å². The molecule has 14 heavy (non-hydrogen) atoms. The van der Waals surface area contributed by atoms with Gasteiger partial charge in [0, 0.05) is 6.04 Å². The van der Waals surface area contributed by atoms with E-state index in [0.29, 0.717) is 0 Å². The highest BCUT2D eigenvalue weighted by Crippen LogP contribution is 2.56. The summed E-state index contributed by atoms with van der Waals surface area (Å²) >= 11 is 0. The predicted molar refractivity (Wildman–Crippen MR) is 60.3 cm³/mol. The molecule has 1 fully saturated rings. The number of hydrogen-bond donors (Lipinski definition) is 2.